The van der Waals surface area contributed by atoms with Crippen LogP contribution in [0, 0.1) is 0 Å². The first-order chi connectivity index (χ1) is 12.2. The molecule has 3 aromatic rings. The summed E-state index contributed by atoms with van der Waals surface area (Å²) in [5.41, 5.74) is -0.439. The van der Waals surface area contributed by atoms with Gasteiger partial charge in [-0.05, 0) is 30.3 Å². The van der Waals surface area contributed by atoms with Crippen molar-refractivity contribution in [3.8, 4) is 11.3 Å². The third-order valence-corrected chi connectivity index (χ3v) is 3.65. The monoisotopic (exact) mass is 362 g/mol. The van der Waals surface area contributed by atoms with Crippen LogP contribution in [0.2, 0.25) is 0 Å². The van der Waals surface area contributed by atoms with Crippen molar-refractivity contribution >= 4 is 11.6 Å². The Hall–Kier alpha value is -3.29. The Kier molecular flexibility index (Phi) is 4.41. The van der Waals surface area contributed by atoms with Crippen LogP contribution in [-0.2, 0) is 13.2 Å². The van der Waals surface area contributed by atoms with Crippen LogP contribution in [0.25, 0.3) is 11.3 Å². The highest BCUT2D eigenvalue weighted by molar-refractivity contribution is 6.02. The lowest BCUT2D eigenvalue weighted by Gasteiger charge is -2.07. The second kappa shape index (κ2) is 6.55. The number of carbonyl (C=O) groups excluding carboxylic acids is 1. The van der Waals surface area contributed by atoms with Crippen molar-refractivity contribution in [2.75, 3.05) is 5.32 Å². The van der Waals surface area contributed by atoms with Crippen LogP contribution in [-0.4, -0.2) is 10.5 Å². The Morgan fingerprint density at radius 1 is 1.12 bits per heavy atom. The van der Waals surface area contributed by atoms with Gasteiger partial charge in [0, 0.05) is 24.9 Å². The quantitative estimate of drug-likeness (QED) is 0.768. The van der Waals surface area contributed by atoms with Gasteiger partial charge in [-0.15, -0.1) is 0 Å². The highest BCUT2D eigenvalue weighted by Crippen LogP contribution is 2.32. The highest BCUT2D eigenvalue weighted by atomic mass is 19.4. The molecule has 2 heterocycles. The number of benzene rings is 1. The highest BCUT2D eigenvalue weighted by Gasteiger charge is 2.30. The van der Waals surface area contributed by atoms with Crippen LogP contribution in [0.4, 0.5) is 18.9 Å². The molecule has 0 bridgehead atoms. The van der Waals surface area contributed by atoms with Gasteiger partial charge in [-0.1, -0.05) is 12.1 Å². The molecule has 0 unspecified atom stereocenters. The zero-order valence-corrected chi connectivity index (χ0v) is 13.5. The summed E-state index contributed by atoms with van der Waals surface area (Å²) in [5, 5.41) is 2.55. The minimum atomic E-state index is -4.47. The molecule has 0 saturated heterocycles. The van der Waals surface area contributed by atoms with E-state index in [-0.39, 0.29) is 22.6 Å². The van der Waals surface area contributed by atoms with Gasteiger partial charge in [0.05, 0.1) is 11.3 Å². The molecule has 1 aromatic carbocycles. The standard InChI is InChI=1S/C18H13F3N2O3/c1-23-10-13(5-8-16(23)24)22-17(25)15-7-6-14(26-15)11-3-2-4-12(9-11)18(19,20)21/h2-10H,1H3,(H,22,25). The van der Waals surface area contributed by atoms with Crippen LogP contribution in [0.3, 0.4) is 0 Å². The number of nitrogens with one attached hydrogen (secondary N) is 1. The third-order valence-electron chi connectivity index (χ3n) is 3.65. The van der Waals surface area contributed by atoms with Crippen LogP contribution >= 0.6 is 0 Å². The largest absolute Gasteiger partial charge is 0.451 e. The zero-order valence-electron chi connectivity index (χ0n) is 13.5. The number of anilines is 1. The molecule has 0 saturated carbocycles. The first kappa shape index (κ1) is 17.5. The SMILES string of the molecule is Cn1cc(NC(=O)c2ccc(-c3cccc(C(F)(F)F)c3)o2)ccc1=O. The number of pyridine rings is 1. The Bertz CT molecular complexity index is 1020. The second-order valence-corrected chi connectivity index (χ2v) is 5.56. The fourth-order valence-electron chi connectivity index (χ4n) is 2.32. The Morgan fingerprint density at radius 3 is 2.58 bits per heavy atom. The number of alkyl halides is 3. The van der Waals surface area contributed by atoms with Crippen LogP contribution in [0.1, 0.15) is 16.1 Å². The van der Waals surface area contributed by atoms with Gasteiger partial charge in [0.25, 0.3) is 5.91 Å². The number of hydrogen-bond acceptors (Lipinski definition) is 3. The summed E-state index contributed by atoms with van der Waals surface area (Å²) >= 11 is 0. The summed E-state index contributed by atoms with van der Waals surface area (Å²) in [5.74, 6) is -0.505. The van der Waals surface area contributed by atoms with Crippen molar-refractivity contribution in [1.29, 1.82) is 0 Å². The lowest BCUT2D eigenvalue weighted by molar-refractivity contribution is -0.137. The predicted molar refractivity (Wildman–Crippen MR) is 88.8 cm³/mol. The maximum absolute atomic E-state index is 12.8. The Morgan fingerprint density at radius 2 is 1.88 bits per heavy atom. The van der Waals surface area contributed by atoms with Crippen molar-refractivity contribution in [3.05, 3.63) is 76.4 Å². The van der Waals surface area contributed by atoms with E-state index in [9.17, 15) is 22.8 Å². The molecule has 0 aliphatic heterocycles. The summed E-state index contributed by atoms with van der Waals surface area (Å²) in [6.07, 6.45) is -3.02. The Balaban J connectivity index is 1.82. The third kappa shape index (κ3) is 3.69. The normalized spacial score (nSPS) is 11.4. The number of rotatable bonds is 3. The number of aromatic nitrogens is 1. The van der Waals surface area contributed by atoms with Gasteiger partial charge in [0.1, 0.15) is 5.76 Å². The van der Waals surface area contributed by atoms with Gasteiger partial charge in [-0.25, -0.2) is 0 Å². The number of carbonyl (C=O) groups is 1. The minimum Gasteiger partial charge on any atom is -0.451 e. The van der Waals surface area contributed by atoms with Crippen molar-refractivity contribution in [3.63, 3.8) is 0 Å². The van der Waals surface area contributed by atoms with Gasteiger partial charge in [-0.2, -0.15) is 13.2 Å². The average Bonchev–Trinajstić information content (AvgIpc) is 3.08. The molecule has 0 radical (unpaired) electrons. The molecule has 5 nitrogen and oxygen atoms in total. The zero-order chi connectivity index (χ0) is 18.9. The fraction of sp³-hybridized carbons (Fsp3) is 0.111. The summed E-state index contributed by atoms with van der Waals surface area (Å²) < 4.78 is 45.1. The van der Waals surface area contributed by atoms with Gasteiger partial charge in [0.2, 0.25) is 5.56 Å². The van der Waals surface area contributed by atoms with E-state index in [1.54, 1.807) is 0 Å². The van der Waals surface area contributed by atoms with Gasteiger partial charge >= 0.3 is 6.18 Å². The topological polar surface area (TPSA) is 64.2 Å². The van der Waals surface area contributed by atoms with E-state index in [1.807, 2.05) is 0 Å². The molecular weight excluding hydrogens is 349 g/mol. The van der Waals surface area contributed by atoms with E-state index in [0.717, 1.165) is 12.1 Å². The van der Waals surface area contributed by atoms with Crippen molar-refractivity contribution < 1.29 is 22.4 Å². The fourth-order valence-corrected chi connectivity index (χ4v) is 2.32. The number of amides is 1. The lowest BCUT2D eigenvalue weighted by atomic mass is 10.1. The van der Waals surface area contributed by atoms with Crippen LogP contribution < -0.4 is 10.9 Å². The molecule has 0 atom stereocenters. The molecule has 134 valence electrons. The van der Waals surface area contributed by atoms with E-state index in [1.165, 1.54) is 54.2 Å². The minimum absolute atomic E-state index is 0.0636. The van der Waals surface area contributed by atoms with Crippen molar-refractivity contribution in [1.82, 2.24) is 4.57 Å². The lowest BCUT2D eigenvalue weighted by Crippen LogP contribution is -2.17. The molecular formula is C18H13F3N2O3. The van der Waals surface area contributed by atoms with E-state index in [4.69, 9.17) is 4.42 Å². The van der Waals surface area contributed by atoms with E-state index < -0.39 is 17.6 Å². The molecule has 1 N–H and O–H groups in total. The summed E-state index contributed by atoms with van der Waals surface area (Å²) in [4.78, 5) is 23.5. The van der Waals surface area contributed by atoms with Crippen molar-refractivity contribution in [2.45, 2.75) is 6.18 Å². The van der Waals surface area contributed by atoms with Crippen molar-refractivity contribution in [2.24, 2.45) is 7.05 Å². The number of aryl methyl sites for hydroxylation is 1. The molecule has 3 rings (SSSR count). The average molecular weight is 362 g/mol. The predicted octanol–water partition coefficient (Wildman–Crippen LogP) is 3.92. The molecule has 26 heavy (non-hydrogen) atoms. The molecule has 0 aliphatic rings. The molecule has 2 aromatic heterocycles. The molecule has 0 aliphatic carbocycles. The molecule has 1 amide bonds. The number of hydrogen-bond donors (Lipinski definition) is 1. The van der Waals surface area contributed by atoms with Gasteiger partial charge in [0.15, 0.2) is 5.76 Å². The number of halogens is 3. The summed E-state index contributed by atoms with van der Waals surface area (Å²) in [6.45, 7) is 0. The summed E-state index contributed by atoms with van der Waals surface area (Å²) in [7, 11) is 1.54. The Labute approximate surface area is 145 Å². The molecule has 8 heteroatoms. The number of nitrogens with zero attached hydrogens (tertiary/aromatic N) is 1. The summed E-state index contributed by atoms with van der Waals surface area (Å²) in [6, 6.07) is 10.2. The van der Waals surface area contributed by atoms with Crippen LogP contribution in [0.5, 0.6) is 0 Å². The maximum Gasteiger partial charge on any atom is 0.416 e. The van der Waals surface area contributed by atoms with Crippen LogP contribution in [0.15, 0.2) is 63.9 Å². The first-order valence-electron chi connectivity index (χ1n) is 7.49. The molecule has 0 spiro atoms. The second-order valence-electron chi connectivity index (χ2n) is 5.56. The maximum atomic E-state index is 12.8. The van der Waals surface area contributed by atoms with E-state index in [2.05, 4.69) is 5.32 Å². The first-order valence-corrected chi connectivity index (χ1v) is 7.49. The molecule has 0 fully saturated rings. The van der Waals surface area contributed by atoms with E-state index >= 15 is 0 Å². The number of furan rings is 1. The van der Waals surface area contributed by atoms with Gasteiger partial charge in [-0.3, -0.25) is 9.59 Å². The van der Waals surface area contributed by atoms with Gasteiger partial charge < -0.3 is 14.3 Å². The van der Waals surface area contributed by atoms with E-state index in [0.29, 0.717) is 5.69 Å². The smallest absolute Gasteiger partial charge is 0.416 e.